The standard InChI is InChI=1S/C28H26O2/c1-21-13-12-20-26(22(21)2)28(30,25-18-10-5-11-19-25)27(29,23-14-6-3-7-15-23)24-16-8-4-9-17-24/h3-20,29-30H,1-2H3. The smallest absolute Gasteiger partial charge is 0.152 e. The van der Waals surface area contributed by atoms with E-state index in [1.807, 2.05) is 123 Å². The van der Waals surface area contributed by atoms with E-state index in [2.05, 4.69) is 0 Å². The third-order valence-corrected chi connectivity index (χ3v) is 6.09. The summed E-state index contributed by atoms with van der Waals surface area (Å²) < 4.78 is 0. The molecule has 0 aliphatic rings. The summed E-state index contributed by atoms with van der Waals surface area (Å²) in [4.78, 5) is 0. The summed E-state index contributed by atoms with van der Waals surface area (Å²) in [5, 5.41) is 25.2. The lowest BCUT2D eigenvalue weighted by Gasteiger charge is -2.46. The van der Waals surface area contributed by atoms with Crippen LogP contribution in [-0.2, 0) is 11.2 Å². The van der Waals surface area contributed by atoms with Crippen LogP contribution in [0.5, 0.6) is 0 Å². The minimum Gasteiger partial charge on any atom is -0.377 e. The highest BCUT2D eigenvalue weighted by Gasteiger charge is 2.54. The van der Waals surface area contributed by atoms with Gasteiger partial charge in [0.1, 0.15) is 0 Å². The van der Waals surface area contributed by atoms with Crippen LogP contribution in [-0.4, -0.2) is 10.2 Å². The fourth-order valence-electron chi connectivity index (χ4n) is 4.32. The molecule has 0 aliphatic carbocycles. The van der Waals surface area contributed by atoms with Crippen molar-refractivity contribution in [3.8, 4) is 0 Å². The van der Waals surface area contributed by atoms with Crippen LogP contribution in [0.4, 0.5) is 0 Å². The molecule has 0 bridgehead atoms. The monoisotopic (exact) mass is 394 g/mol. The van der Waals surface area contributed by atoms with Crippen molar-refractivity contribution in [3.05, 3.63) is 143 Å². The van der Waals surface area contributed by atoms with E-state index in [1.165, 1.54) is 0 Å². The molecule has 30 heavy (non-hydrogen) atoms. The molecule has 0 radical (unpaired) electrons. The molecule has 2 heteroatoms. The van der Waals surface area contributed by atoms with Gasteiger partial charge in [0.05, 0.1) is 0 Å². The van der Waals surface area contributed by atoms with E-state index < -0.39 is 11.2 Å². The van der Waals surface area contributed by atoms with Crippen LogP contribution < -0.4 is 0 Å². The Morgan fingerprint density at radius 3 is 1.30 bits per heavy atom. The van der Waals surface area contributed by atoms with E-state index >= 15 is 0 Å². The first kappa shape index (κ1) is 20.1. The molecule has 2 nitrogen and oxygen atoms in total. The number of benzene rings is 4. The quantitative estimate of drug-likeness (QED) is 0.471. The van der Waals surface area contributed by atoms with Gasteiger partial charge in [-0.3, -0.25) is 0 Å². The van der Waals surface area contributed by atoms with Crippen molar-refractivity contribution in [3.63, 3.8) is 0 Å². The highest BCUT2D eigenvalue weighted by Crippen LogP contribution is 2.50. The molecule has 0 heterocycles. The third kappa shape index (κ3) is 3.06. The lowest BCUT2D eigenvalue weighted by molar-refractivity contribution is -0.113. The second kappa shape index (κ2) is 7.91. The normalized spacial score (nSPS) is 13.6. The minimum absolute atomic E-state index is 0.628. The van der Waals surface area contributed by atoms with Crippen LogP contribution in [0.15, 0.2) is 109 Å². The number of hydrogen-bond acceptors (Lipinski definition) is 2. The summed E-state index contributed by atoms with van der Waals surface area (Å²) in [5.41, 5.74) is 1.16. The van der Waals surface area contributed by atoms with Crippen molar-refractivity contribution in [2.24, 2.45) is 0 Å². The SMILES string of the molecule is Cc1cccc(C(O)(c2ccccc2)C(O)(c2ccccc2)c2ccccc2)c1C. The molecule has 0 amide bonds. The van der Waals surface area contributed by atoms with E-state index in [1.54, 1.807) is 0 Å². The maximum absolute atomic E-state index is 12.6. The largest absolute Gasteiger partial charge is 0.377 e. The van der Waals surface area contributed by atoms with E-state index in [9.17, 15) is 10.2 Å². The number of rotatable bonds is 5. The maximum atomic E-state index is 12.6. The average Bonchev–Trinajstić information content (AvgIpc) is 2.81. The van der Waals surface area contributed by atoms with Crippen molar-refractivity contribution in [2.45, 2.75) is 25.0 Å². The predicted molar refractivity (Wildman–Crippen MR) is 121 cm³/mol. The van der Waals surface area contributed by atoms with Crippen LogP contribution in [0.3, 0.4) is 0 Å². The Morgan fingerprint density at radius 2 is 0.867 bits per heavy atom. The molecule has 0 aromatic heterocycles. The van der Waals surface area contributed by atoms with Gasteiger partial charge < -0.3 is 10.2 Å². The Kier molecular flexibility index (Phi) is 5.29. The van der Waals surface area contributed by atoms with Crippen molar-refractivity contribution < 1.29 is 10.2 Å². The molecular formula is C28H26O2. The Morgan fingerprint density at radius 1 is 0.467 bits per heavy atom. The van der Waals surface area contributed by atoms with Crippen LogP contribution >= 0.6 is 0 Å². The van der Waals surface area contributed by atoms with E-state index in [-0.39, 0.29) is 0 Å². The van der Waals surface area contributed by atoms with Gasteiger partial charge in [-0.05, 0) is 47.2 Å². The first-order valence-corrected chi connectivity index (χ1v) is 10.2. The molecule has 0 fully saturated rings. The van der Waals surface area contributed by atoms with Gasteiger partial charge in [0.15, 0.2) is 11.2 Å². The number of aliphatic hydroxyl groups is 2. The topological polar surface area (TPSA) is 40.5 Å². The lowest BCUT2D eigenvalue weighted by Crippen LogP contribution is -2.51. The average molecular weight is 395 g/mol. The lowest BCUT2D eigenvalue weighted by atomic mass is 9.65. The summed E-state index contributed by atoms with van der Waals surface area (Å²) in [7, 11) is 0. The van der Waals surface area contributed by atoms with Gasteiger partial charge in [-0.2, -0.15) is 0 Å². The van der Waals surface area contributed by atoms with Crippen LogP contribution in [0, 0.1) is 13.8 Å². The van der Waals surface area contributed by atoms with Crippen LogP contribution in [0.1, 0.15) is 33.4 Å². The molecule has 150 valence electrons. The van der Waals surface area contributed by atoms with Crippen molar-refractivity contribution in [1.29, 1.82) is 0 Å². The minimum atomic E-state index is -1.72. The summed E-state index contributed by atoms with van der Waals surface area (Å²) in [6.45, 7) is 4.02. The van der Waals surface area contributed by atoms with Gasteiger partial charge in [0.2, 0.25) is 0 Å². The zero-order valence-electron chi connectivity index (χ0n) is 17.3. The highest BCUT2D eigenvalue weighted by molar-refractivity contribution is 5.53. The van der Waals surface area contributed by atoms with Gasteiger partial charge in [-0.25, -0.2) is 0 Å². The zero-order chi connectivity index (χ0) is 21.2. The van der Waals surface area contributed by atoms with Gasteiger partial charge in [0.25, 0.3) is 0 Å². The Bertz CT molecular complexity index is 1080. The van der Waals surface area contributed by atoms with Crippen molar-refractivity contribution in [1.82, 2.24) is 0 Å². The first-order chi connectivity index (χ1) is 14.5. The van der Waals surface area contributed by atoms with Crippen molar-refractivity contribution in [2.75, 3.05) is 0 Å². The molecule has 0 spiro atoms. The second-order valence-corrected chi connectivity index (χ2v) is 7.77. The summed E-state index contributed by atoms with van der Waals surface area (Å²) in [5.74, 6) is 0. The Hall–Kier alpha value is -3.20. The van der Waals surface area contributed by atoms with Gasteiger partial charge in [-0.1, -0.05) is 109 Å². The highest BCUT2D eigenvalue weighted by atomic mass is 16.4. The molecule has 0 saturated carbocycles. The van der Waals surface area contributed by atoms with Crippen LogP contribution in [0.2, 0.25) is 0 Å². The Labute approximate surface area is 178 Å². The van der Waals surface area contributed by atoms with Gasteiger partial charge >= 0.3 is 0 Å². The number of aryl methyl sites for hydroxylation is 1. The molecule has 2 N–H and O–H groups in total. The maximum Gasteiger partial charge on any atom is 0.152 e. The molecule has 0 saturated heterocycles. The van der Waals surface area contributed by atoms with E-state index in [0.717, 1.165) is 11.1 Å². The molecule has 1 atom stereocenters. The second-order valence-electron chi connectivity index (χ2n) is 7.77. The number of hydrogen-bond donors (Lipinski definition) is 2. The summed E-state index contributed by atoms with van der Waals surface area (Å²) in [6, 6.07) is 34.1. The third-order valence-electron chi connectivity index (χ3n) is 6.09. The molecule has 4 aromatic carbocycles. The first-order valence-electron chi connectivity index (χ1n) is 10.2. The summed E-state index contributed by atoms with van der Waals surface area (Å²) in [6.07, 6.45) is 0. The molecular weight excluding hydrogens is 368 g/mol. The fraction of sp³-hybridized carbons (Fsp3) is 0.143. The van der Waals surface area contributed by atoms with Gasteiger partial charge in [0, 0.05) is 0 Å². The fourth-order valence-corrected chi connectivity index (χ4v) is 4.32. The predicted octanol–water partition coefficient (Wildman–Crippen LogP) is 5.48. The summed E-state index contributed by atoms with van der Waals surface area (Å²) >= 11 is 0. The molecule has 0 aliphatic heterocycles. The molecule has 1 unspecified atom stereocenters. The Balaban J connectivity index is 2.14. The van der Waals surface area contributed by atoms with Crippen molar-refractivity contribution >= 4 is 0 Å². The van der Waals surface area contributed by atoms with E-state index in [4.69, 9.17) is 0 Å². The zero-order valence-corrected chi connectivity index (χ0v) is 17.3. The molecule has 4 aromatic rings. The van der Waals surface area contributed by atoms with Crippen LogP contribution in [0.25, 0.3) is 0 Å². The van der Waals surface area contributed by atoms with Gasteiger partial charge in [-0.15, -0.1) is 0 Å². The van der Waals surface area contributed by atoms with E-state index in [0.29, 0.717) is 22.3 Å². The molecule has 4 rings (SSSR count).